The average molecular weight is 613 g/mol. The van der Waals surface area contributed by atoms with Crippen LogP contribution in [0.1, 0.15) is 11.1 Å². The molecule has 0 saturated carbocycles. The molecule has 0 spiro atoms. The van der Waals surface area contributed by atoms with Crippen molar-refractivity contribution in [1.82, 2.24) is 9.55 Å². The number of thioether (sulfide) groups is 1. The molecule has 0 aliphatic carbocycles. The zero-order valence-corrected chi connectivity index (χ0v) is 25.1. The second-order valence-electron chi connectivity index (χ2n) is 9.30. The summed E-state index contributed by atoms with van der Waals surface area (Å²) in [7, 11) is 8.87. The van der Waals surface area contributed by atoms with Crippen LogP contribution in [0.4, 0.5) is 24.7 Å². The Morgan fingerprint density at radius 2 is 1.65 bits per heavy atom. The van der Waals surface area contributed by atoms with Gasteiger partial charge >= 0.3 is 0 Å². The highest BCUT2D eigenvalue weighted by Crippen LogP contribution is 2.37. The zero-order valence-electron chi connectivity index (χ0n) is 24.3. The van der Waals surface area contributed by atoms with Gasteiger partial charge in [-0.1, -0.05) is 17.7 Å². The van der Waals surface area contributed by atoms with E-state index in [4.69, 9.17) is 19.4 Å². The molecule has 0 fully saturated rings. The number of hydrogen-bond donors (Lipinski definition) is 1. The van der Waals surface area contributed by atoms with Gasteiger partial charge in [0.25, 0.3) is 0 Å². The first-order valence-electron chi connectivity index (χ1n) is 12.9. The maximum atomic E-state index is 14.9. The molecule has 0 unspecified atom stereocenters. The minimum Gasteiger partial charge on any atom is -0.554 e. The summed E-state index contributed by atoms with van der Waals surface area (Å²) in [4.78, 5) is 15.8. The second kappa shape index (κ2) is 15.6. The molecule has 43 heavy (non-hydrogen) atoms. The van der Waals surface area contributed by atoms with Gasteiger partial charge in [0.2, 0.25) is 0 Å². The summed E-state index contributed by atoms with van der Waals surface area (Å²) in [6.07, 6.45) is 1.65. The van der Waals surface area contributed by atoms with E-state index in [1.54, 1.807) is 43.2 Å². The number of aromatic nitrogens is 2. The van der Waals surface area contributed by atoms with Crippen molar-refractivity contribution < 1.29 is 37.4 Å². The van der Waals surface area contributed by atoms with Gasteiger partial charge in [-0.05, 0) is 54.5 Å². The van der Waals surface area contributed by atoms with Gasteiger partial charge < -0.3 is 29.2 Å². The summed E-state index contributed by atoms with van der Waals surface area (Å²) in [5.74, 6) is 5.79. The lowest BCUT2D eigenvalue weighted by Crippen LogP contribution is -3.05. The maximum Gasteiger partial charge on any atom is 0.174 e. The number of carbonyl (C=O) groups is 1. The summed E-state index contributed by atoms with van der Waals surface area (Å²) in [6, 6.07) is 13.9. The van der Waals surface area contributed by atoms with Gasteiger partial charge in [-0.25, -0.2) is 18.2 Å². The highest BCUT2D eigenvalue weighted by molar-refractivity contribution is 7.98. The molecule has 8 nitrogen and oxygen atoms in total. The Labute approximate surface area is 252 Å². The van der Waals surface area contributed by atoms with Crippen LogP contribution in [0.5, 0.6) is 11.5 Å². The van der Waals surface area contributed by atoms with Crippen molar-refractivity contribution in [2.24, 2.45) is 0 Å². The summed E-state index contributed by atoms with van der Waals surface area (Å²) < 4.78 is 56.2. The van der Waals surface area contributed by atoms with Gasteiger partial charge in [-0.3, -0.25) is 4.57 Å². The number of anilines is 2. The van der Waals surface area contributed by atoms with Crippen molar-refractivity contribution in [2.75, 3.05) is 46.8 Å². The van der Waals surface area contributed by atoms with Gasteiger partial charge in [0.15, 0.2) is 16.7 Å². The highest BCUT2D eigenvalue weighted by atomic mass is 32.2. The molecule has 12 heteroatoms. The predicted octanol–water partition coefficient (Wildman–Crippen LogP) is 3.23. The highest BCUT2D eigenvalue weighted by Gasteiger charge is 2.20. The van der Waals surface area contributed by atoms with Crippen LogP contribution >= 0.6 is 11.8 Å². The van der Waals surface area contributed by atoms with E-state index in [-0.39, 0.29) is 22.7 Å². The minimum absolute atomic E-state index is 0.00899. The second-order valence-corrected chi connectivity index (χ2v) is 10.2. The topological polar surface area (TPSA) is 84.1 Å². The lowest BCUT2D eigenvalue weighted by atomic mass is 10.1. The Morgan fingerprint density at radius 1 is 1.02 bits per heavy atom. The number of methoxy groups -OCH3 is 2. The number of ether oxygens (including phenoxy) is 2. The summed E-state index contributed by atoms with van der Waals surface area (Å²) >= 11 is 1.17. The van der Waals surface area contributed by atoms with Crippen LogP contribution in [0.15, 0.2) is 66.0 Å². The van der Waals surface area contributed by atoms with E-state index >= 15 is 0 Å². The van der Waals surface area contributed by atoms with E-state index in [2.05, 4.69) is 16.8 Å². The van der Waals surface area contributed by atoms with E-state index in [0.717, 1.165) is 10.6 Å². The van der Waals surface area contributed by atoms with Crippen LogP contribution < -0.4 is 24.4 Å². The van der Waals surface area contributed by atoms with E-state index < -0.39 is 18.1 Å². The Kier molecular flexibility index (Phi) is 11.9. The molecule has 0 aliphatic rings. The molecule has 0 amide bonds. The molecule has 0 saturated heterocycles. The Balaban J connectivity index is 0.00000162. The van der Waals surface area contributed by atoms with Crippen molar-refractivity contribution in [2.45, 2.75) is 10.9 Å². The number of rotatable bonds is 9. The summed E-state index contributed by atoms with van der Waals surface area (Å²) in [5, 5.41) is 8.73. The quantitative estimate of drug-likeness (QED) is 0.177. The molecule has 1 N–H and O–H groups in total. The van der Waals surface area contributed by atoms with Crippen LogP contribution in [0.25, 0.3) is 5.69 Å². The zero-order chi connectivity index (χ0) is 31.5. The number of nitrogens with zero attached hydrogens (tertiary/aromatic N) is 3. The molecule has 0 radical (unpaired) electrons. The summed E-state index contributed by atoms with van der Waals surface area (Å²) in [6.45, 7) is 0.0625. The van der Waals surface area contributed by atoms with Gasteiger partial charge in [0.1, 0.15) is 29.8 Å². The standard InChI is InChI=1S/C30H29F3N4O2S.CH2O2/c1-35(2)14-6-7-20-15-25(32)24(26(33)16-20)19-40-30-34-18-29(37(30)22-10-8-21(31)9-11-22)36(3)23-12-13-27(38-4)28(17-23)39-5;2-1-3/h8-13,15-18H,14,19H2,1-5H3;1H,(H,2,3). The fourth-order valence-electron chi connectivity index (χ4n) is 3.94. The molecule has 3 aromatic carbocycles. The third-order valence-electron chi connectivity index (χ3n) is 6.06. The van der Waals surface area contributed by atoms with Crippen molar-refractivity contribution >= 4 is 29.7 Å². The number of hydrogen-bond acceptors (Lipinski definition) is 7. The fraction of sp³-hybridized carbons (Fsp3) is 0.226. The van der Waals surface area contributed by atoms with Crippen molar-refractivity contribution in [1.29, 1.82) is 0 Å². The molecule has 0 aliphatic heterocycles. The fourth-order valence-corrected chi connectivity index (χ4v) is 4.94. The third kappa shape index (κ3) is 8.47. The number of carboxylic acid groups (broad SMARTS) is 1. The van der Waals surface area contributed by atoms with Gasteiger partial charge in [-0.15, -0.1) is 0 Å². The first-order chi connectivity index (χ1) is 20.6. The van der Waals surface area contributed by atoms with E-state index in [9.17, 15) is 13.2 Å². The van der Waals surface area contributed by atoms with Crippen LogP contribution in [0.2, 0.25) is 0 Å². The minimum atomic E-state index is -0.670. The van der Waals surface area contributed by atoms with Gasteiger partial charge in [-0.2, -0.15) is 0 Å². The van der Waals surface area contributed by atoms with Crippen molar-refractivity contribution in [3.8, 4) is 29.0 Å². The van der Waals surface area contributed by atoms with E-state index in [1.165, 1.54) is 36.0 Å². The number of quaternary nitrogens is 1. The Hall–Kier alpha value is -4.60. The monoisotopic (exact) mass is 612 g/mol. The number of nitrogens with one attached hydrogen (secondary N) is 1. The molecule has 226 valence electrons. The van der Waals surface area contributed by atoms with Crippen molar-refractivity contribution in [3.05, 3.63) is 89.4 Å². The average Bonchev–Trinajstić information content (AvgIpc) is 3.40. The lowest BCUT2D eigenvalue weighted by molar-refractivity contribution is -0.850. The number of carbonyl (C=O) groups excluding carboxylic acids is 1. The SMILES string of the molecule is COc1ccc(N(C)c2cnc(SCc3c(F)cc(C#CC[NH+](C)C)cc3F)n2-c2ccc(F)cc2)cc1OC.O=C[O-]. The predicted molar refractivity (Wildman–Crippen MR) is 158 cm³/mol. The Morgan fingerprint density at radius 3 is 2.23 bits per heavy atom. The number of benzene rings is 3. The van der Waals surface area contributed by atoms with E-state index in [1.807, 2.05) is 38.2 Å². The Bertz CT molecular complexity index is 1580. The van der Waals surface area contributed by atoms with Crippen LogP contribution in [-0.2, 0) is 10.5 Å². The molecule has 1 aromatic heterocycles. The maximum absolute atomic E-state index is 14.9. The smallest absolute Gasteiger partial charge is 0.174 e. The molecule has 0 atom stereocenters. The number of halogens is 3. The molecule has 1 heterocycles. The van der Waals surface area contributed by atoms with Crippen LogP contribution in [-0.4, -0.2) is 57.9 Å². The molecule has 4 rings (SSSR count). The normalized spacial score (nSPS) is 10.3. The molecule has 0 bridgehead atoms. The van der Waals surface area contributed by atoms with Gasteiger partial charge in [0.05, 0.1) is 34.5 Å². The molecular weight excluding hydrogens is 581 g/mol. The van der Waals surface area contributed by atoms with Crippen LogP contribution in [0, 0.1) is 29.3 Å². The molecule has 4 aromatic rings. The first kappa shape index (κ1) is 32.9. The van der Waals surface area contributed by atoms with E-state index in [0.29, 0.717) is 34.7 Å². The first-order valence-corrected chi connectivity index (χ1v) is 13.9. The van der Waals surface area contributed by atoms with Gasteiger partial charge in [0, 0.05) is 47.8 Å². The molecular formula is C31H31F3N4O4S. The largest absolute Gasteiger partial charge is 0.554 e. The van der Waals surface area contributed by atoms with Crippen LogP contribution in [0.3, 0.4) is 0 Å². The third-order valence-corrected chi connectivity index (χ3v) is 7.03. The number of imidazole rings is 1. The lowest BCUT2D eigenvalue weighted by Gasteiger charge is -2.23. The van der Waals surface area contributed by atoms with Crippen molar-refractivity contribution in [3.63, 3.8) is 0 Å². The summed E-state index contributed by atoms with van der Waals surface area (Å²) in [5.41, 5.74) is 1.63.